The van der Waals surface area contributed by atoms with Gasteiger partial charge in [0.2, 0.25) is 0 Å². The molecule has 0 spiro atoms. The van der Waals surface area contributed by atoms with Crippen LogP contribution in [0.5, 0.6) is 0 Å². The number of nitrogens with one attached hydrogen (secondary N) is 1. The van der Waals surface area contributed by atoms with Crippen LogP contribution in [0, 0.1) is 0 Å². The Morgan fingerprint density at radius 1 is 1.18 bits per heavy atom. The first-order chi connectivity index (χ1) is 8.24. The van der Waals surface area contributed by atoms with Gasteiger partial charge >= 0.3 is 0 Å². The van der Waals surface area contributed by atoms with Crippen molar-refractivity contribution in [3.8, 4) is 0 Å². The van der Waals surface area contributed by atoms with Gasteiger partial charge in [0.25, 0.3) is 0 Å². The lowest BCUT2D eigenvalue weighted by atomic mass is 10.0. The van der Waals surface area contributed by atoms with E-state index in [4.69, 9.17) is 4.74 Å². The van der Waals surface area contributed by atoms with Gasteiger partial charge in [-0.05, 0) is 35.6 Å². The van der Waals surface area contributed by atoms with Gasteiger partial charge in [0.1, 0.15) is 0 Å². The average molecular weight is 255 g/mol. The highest BCUT2D eigenvalue weighted by Gasteiger charge is 1.98. The molecule has 0 aromatic heterocycles. The number of benzene rings is 1. The van der Waals surface area contributed by atoms with Crippen molar-refractivity contribution in [2.75, 3.05) is 20.3 Å². The summed E-state index contributed by atoms with van der Waals surface area (Å²) < 4.78 is 8.20. The summed E-state index contributed by atoms with van der Waals surface area (Å²) >= 11 is 1.65. The maximum absolute atomic E-state index is 4.95. The Morgan fingerprint density at radius 3 is 2.24 bits per heavy atom. The smallest absolute Gasteiger partial charge is 0.0596 e. The highest BCUT2D eigenvalue weighted by Crippen LogP contribution is 2.19. The third kappa shape index (κ3) is 7.42. The summed E-state index contributed by atoms with van der Waals surface area (Å²) in [5, 5.41) is 0. The summed E-state index contributed by atoms with van der Waals surface area (Å²) in [4.78, 5) is 1.25. The molecule has 0 aliphatic rings. The van der Waals surface area contributed by atoms with Crippen LogP contribution in [0.15, 0.2) is 29.2 Å². The van der Waals surface area contributed by atoms with E-state index in [1.165, 1.54) is 10.5 Å². The third-order valence-corrected chi connectivity index (χ3v) is 3.00. The SMILES string of the molecule is CC.COCCNSc1ccc(C(C)C)cc1. The second kappa shape index (κ2) is 10.6. The molecule has 0 saturated heterocycles. The van der Waals surface area contributed by atoms with Crippen molar-refractivity contribution < 1.29 is 4.74 Å². The van der Waals surface area contributed by atoms with Gasteiger partial charge in [-0.3, -0.25) is 4.72 Å². The lowest BCUT2D eigenvalue weighted by Gasteiger charge is -2.07. The zero-order chi connectivity index (χ0) is 13.1. The van der Waals surface area contributed by atoms with Crippen molar-refractivity contribution in [2.45, 2.75) is 38.5 Å². The topological polar surface area (TPSA) is 21.3 Å². The summed E-state index contributed by atoms with van der Waals surface area (Å²) in [7, 11) is 1.71. The molecule has 0 atom stereocenters. The Kier molecular flexibility index (Phi) is 10.3. The number of methoxy groups -OCH3 is 1. The largest absolute Gasteiger partial charge is 0.383 e. The molecule has 0 heterocycles. The van der Waals surface area contributed by atoms with Crippen molar-refractivity contribution in [3.05, 3.63) is 29.8 Å². The molecule has 0 amide bonds. The van der Waals surface area contributed by atoms with Crippen molar-refractivity contribution in [1.29, 1.82) is 0 Å². The molecule has 0 fully saturated rings. The molecule has 98 valence electrons. The number of hydrogen-bond acceptors (Lipinski definition) is 3. The first-order valence-electron chi connectivity index (χ1n) is 6.22. The summed E-state index contributed by atoms with van der Waals surface area (Å²) in [6.07, 6.45) is 0. The second-order valence-corrected chi connectivity index (χ2v) is 4.68. The summed E-state index contributed by atoms with van der Waals surface area (Å²) in [5.74, 6) is 0.602. The van der Waals surface area contributed by atoms with Crippen LogP contribution in [-0.2, 0) is 4.74 Å². The highest BCUT2D eigenvalue weighted by atomic mass is 32.2. The van der Waals surface area contributed by atoms with Gasteiger partial charge in [-0.2, -0.15) is 0 Å². The Bertz CT molecular complexity index is 272. The maximum atomic E-state index is 4.95. The summed E-state index contributed by atoms with van der Waals surface area (Å²) in [6.45, 7) is 10.0. The third-order valence-electron chi connectivity index (χ3n) is 2.15. The van der Waals surface area contributed by atoms with E-state index in [1.54, 1.807) is 19.1 Å². The highest BCUT2D eigenvalue weighted by molar-refractivity contribution is 7.97. The fraction of sp³-hybridized carbons (Fsp3) is 0.571. The van der Waals surface area contributed by atoms with Crippen LogP contribution < -0.4 is 4.72 Å². The number of ether oxygens (including phenoxy) is 1. The van der Waals surface area contributed by atoms with E-state index in [-0.39, 0.29) is 0 Å². The van der Waals surface area contributed by atoms with Gasteiger partial charge in [0.05, 0.1) is 6.61 Å². The molecule has 1 aromatic rings. The molecule has 1 N–H and O–H groups in total. The zero-order valence-corrected chi connectivity index (χ0v) is 12.4. The van der Waals surface area contributed by atoms with Crippen molar-refractivity contribution in [1.82, 2.24) is 4.72 Å². The Hall–Kier alpha value is -0.510. The minimum Gasteiger partial charge on any atom is -0.383 e. The van der Waals surface area contributed by atoms with Crippen LogP contribution in [0.3, 0.4) is 0 Å². The molecule has 3 heteroatoms. The van der Waals surface area contributed by atoms with E-state index in [2.05, 4.69) is 42.8 Å². The predicted molar refractivity (Wildman–Crippen MR) is 77.6 cm³/mol. The van der Waals surface area contributed by atoms with Crippen LogP contribution in [0.2, 0.25) is 0 Å². The van der Waals surface area contributed by atoms with Crippen LogP contribution in [0.25, 0.3) is 0 Å². The van der Waals surface area contributed by atoms with Gasteiger partial charge in [0.15, 0.2) is 0 Å². The van der Waals surface area contributed by atoms with E-state index in [0.717, 1.165) is 13.2 Å². The lowest BCUT2D eigenvalue weighted by Crippen LogP contribution is -2.10. The predicted octanol–water partition coefficient (Wildman–Crippen LogP) is 4.08. The Labute approximate surface area is 110 Å². The first kappa shape index (κ1) is 16.5. The van der Waals surface area contributed by atoms with Gasteiger partial charge in [-0.1, -0.05) is 39.8 Å². The van der Waals surface area contributed by atoms with Gasteiger partial charge in [0, 0.05) is 18.6 Å². The minimum absolute atomic E-state index is 0.602. The van der Waals surface area contributed by atoms with Gasteiger partial charge < -0.3 is 4.74 Å². The van der Waals surface area contributed by atoms with Crippen molar-refractivity contribution in [3.63, 3.8) is 0 Å². The monoisotopic (exact) mass is 255 g/mol. The van der Waals surface area contributed by atoms with E-state index >= 15 is 0 Å². The van der Waals surface area contributed by atoms with E-state index in [1.807, 2.05) is 13.8 Å². The molecule has 0 aliphatic heterocycles. The van der Waals surface area contributed by atoms with E-state index in [0.29, 0.717) is 5.92 Å². The van der Waals surface area contributed by atoms with Gasteiger partial charge in [-0.15, -0.1) is 0 Å². The summed E-state index contributed by atoms with van der Waals surface area (Å²) in [6, 6.07) is 8.68. The Morgan fingerprint density at radius 2 is 1.76 bits per heavy atom. The Balaban J connectivity index is 0.00000121. The van der Waals surface area contributed by atoms with Crippen LogP contribution >= 0.6 is 11.9 Å². The quantitative estimate of drug-likeness (QED) is 0.611. The molecule has 0 aliphatic carbocycles. The number of rotatable bonds is 6. The molecule has 1 rings (SSSR count). The van der Waals surface area contributed by atoms with Crippen LogP contribution in [0.1, 0.15) is 39.2 Å². The second-order valence-electron chi connectivity index (χ2n) is 3.71. The summed E-state index contributed by atoms with van der Waals surface area (Å²) in [5.41, 5.74) is 1.39. The molecule has 0 radical (unpaired) electrons. The number of hydrogen-bond donors (Lipinski definition) is 1. The molecular formula is C14H25NOS. The standard InChI is InChI=1S/C12H19NOS.C2H6/c1-10(2)11-4-6-12(7-5-11)15-13-8-9-14-3;1-2/h4-7,10,13H,8-9H2,1-3H3;1-2H3. The molecular weight excluding hydrogens is 230 g/mol. The van der Waals surface area contributed by atoms with E-state index < -0.39 is 0 Å². The molecule has 0 bridgehead atoms. The van der Waals surface area contributed by atoms with Crippen molar-refractivity contribution in [2.24, 2.45) is 0 Å². The van der Waals surface area contributed by atoms with Gasteiger partial charge in [-0.25, -0.2) is 0 Å². The maximum Gasteiger partial charge on any atom is 0.0596 e. The lowest BCUT2D eigenvalue weighted by molar-refractivity contribution is 0.205. The zero-order valence-electron chi connectivity index (χ0n) is 11.6. The molecule has 1 aromatic carbocycles. The average Bonchev–Trinajstić information content (AvgIpc) is 2.38. The molecule has 17 heavy (non-hydrogen) atoms. The molecule has 0 unspecified atom stereocenters. The molecule has 2 nitrogen and oxygen atoms in total. The normalized spacial score (nSPS) is 10.0. The fourth-order valence-electron chi connectivity index (χ4n) is 1.20. The minimum atomic E-state index is 0.602. The fourth-order valence-corrected chi connectivity index (χ4v) is 1.82. The molecule has 0 saturated carbocycles. The van der Waals surface area contributed by atoms with E-state index in [9.17, 15) is 0 Å². The van der Waals surface area contributed by atoms with Crippen molar-refractivity contribution >= 4 is 11.9 Å². The first-order valence-corrected chi connectivity index (χ1v) is 7.04. The van der Waals surface area contributed by atoms with Crippen LogP contribution in [0.4, 0.5) is 0 Å². The van der Waals surface area contributed by atoms with Crippen LogP contribution in [-0.4, -0.2) is 20.3 Å².